The van der Waals surface area contributed by atoms with Gasteiger partial charge in [0.05, 0.1) is 6.54 Å². The monoisotopic (exact) mass is 224 g/mol. The molecule has 0 aliphatic carbocycles. The molecule has 2 heterocycles. The van der Waals surface area contributed by atoms with E-state index < -0.39 is 0 Å². The van der Waals surface area contributed by atoms with Crippen LogP contribution in [0.2, 0.25) is 0 Å². The first-order chi connectivity index (χ1) is 7.63. The Bertz CT molecular complexity index is 336. The molecule has 5 nitrogen and oxygen atoms in total. The second-order valence-corrected chi connectivity index (χ2v) is 4.99. The van der Waals surface area contributed by atoms with Crippen molar-refractivity contribution in [2.24, 2.45) is 11.7 Å². The van der Waals surface area contributed by atoms with Crippen molar-refractivity contribution in [1.82, 2.24) is 15.0 Å². The Morgan fingerprint density at radius 3 is 3.00 bits per heavy atom. The standard InChI is InChI=1S/C11H20N4O/c1-8(2)5-10-13-11(16-14-10)7-15-4-3-9(12)6-15/h8-9H,3-7,12H2,1-2H3/t9-/m0/s1. The van der Waals surface area contributed by atoms with Gasteiger partial charge in [-0.05, 0) is 12.3 Å². The summed E-state index contributed by atoms with van der Waals surface area (Å²) >= 11 is 0. The quantitative estimate of drug-likeness (QED) is 0.819. The van der Waals surface area contributed by atoms with Crippen molar-refractivity contribution in [3.8, 4) is 0 Å². The predicted molar refractivity (Wildman–Crippen MR) is 60.7 cm³/mol. The van der Waals surface area contributed by atoms with E-state index in [4.69, 9.17) is 10.3 Å². The van der Waals surface area contributed by atoms with Crippen LogP contribution in [-0.2, 0) is 13.0 Å². The fourth-order valence-electron chi connectivity index (χ4n) is 2.00. The van der Waals surface area contributed by atoms with Crippen molar-refractivity contribution in [2.75, 3.05) is 13.1 Å². The van der Waals surface area contributed by atoms with E-state index in [1.165, 1.54) is 0 Å². The van der Waals surface area contributed by atoms with Gasteiger partial charge in [-0.2, -0.15) is 4.98 Å². The van der Waals surface area contributed by atoms with Crippen LogP contribution in [0.1, 0.15) is 32.0 Å². The van der Waals surface area contributed by atoms with Gasteiger partial charge in [-0.25, -0.2) is 0 Å². The van der Waals surface area contributed by atoms with Crippen LogP contribution in [0, 0.1) is 5.92 Å². The lowest BCUT2D eigenvalue weighted by Gasteiger charge is -2.10. The molecule has 1 aliphatic rings. The molecular formula is C11H20N4O. The molecular weight excluding hydrogens is 204 g/mol. The minimum Gasteiger partial charge on any atom is -0.338 e. The maximum Gasteiger partial charge on any atom is 0.240 e. The van der Waals surface area contributed by atoms with Gasteiger partial charge in [0.2, 0.25) is 5.89 Å². The normalized spacial score (nSPS) is 22.1. The molecule has 2 rings (SSSR count). The topological polar surface area (TPSA) is 68.2 Å². The Labute approximate surface area is 96.0 Å². The van der Waals surface area contributed by atoms with Gasteiger partial charge in [-0.1, -0.05) is 19.0 Å². The zero-order valence-corrected chi connectivity index (χ0v) is 10.0. The van der Waals surface area contributed by atoms with Gasteiger partial charge in [-0.3, -0.25) is 4.90 Å². The molecule has 0 amide bonds. The van der Waals surface area contributed by atoms with E-state index in [0.717, 1.165) is 38.3 Å². The molecule has 1 saturated heterocycles. The number of hydrogen-bond donors (Lipinski definition) is 1. The molecule has 0 radical (unpaired) electrons. The molecule has 0 bridgehead atoms. The zero-order chi connectivity index (χ0) is 11.5. The Kier molecular flexibility index (Phi) is 3.56. The van der Waals surface area contributed by atoms with Crippen molar-refractivity contribution in [3.05, 3.63) is 11.7 Å². The highest BCUT2D eigenvalue weighted by Crippen LogP contribution is 2.12. The van der Waals surface area contributed by atoms with Crippen LogP contribution < -0.4 is 5.73 Å². The Morgan fingerprint density at radius 2 is 2.38 bits per heavy atom. The van der Waals surface area contributed by atoms with Gasteiger partial charge in [0.25, 0.3) is 0 Å². The summed E-state index contributed by atoms with van der Waals surface area (Å²) in [6.07, 6.45) is 1.94. The minimum atomic E-state index is 0.304. The van der Waals surface area contributed by atoms with Crippen LogP contribution in [-0.4, -0.2) is 34.2 Å². The van der Waals surface area contributed by atoms with Crippen LogP contribution in [0.25, 0.3) is 0 Å². The van der Waals surface area contributed by atoms with E-state index in [-0.39, 0.29) is 0 Å². The lowest BCUT2D eigenvalue weighted by Crippen LogP contribution is -2.26. The van der Waals surface area contributed by atoms with Crippen LogP contribution in [0.5, 0.6) is 0 Å². The van der Waals surface area contributed by atoms with E-state index in [9.17, 15) is 0 Å². The molecule has 1 fully saturated rings. The van der Waals surface area contributed by atoms with Crippen LogP contribution >= 0.6 is 0 Å². The van der Waals surface area contributed by atoms with Crippen molar-refractivity contribution in [1.29, 1.82) is 0 Å². The van der Waals surface area contributed by atoms with Crippen molar-refractivity contribution < 1.29 is 4.52 Å². The van der Waals surface area contributed by atoms with Crippen molar-refractivity contribution >= 4 is 0 Å². The van der Waals surface area contributed by atoms with Crippen molar-refractivity contribution in [2.45, 2.75) is 39.3 Å². The largest absolute Gasteiger partial charge is 0.338 e. The molecule has 2 N–H and O–H groups in total. The lowest BCUT2D eigenvalue weighted by atomic mass is 10.1. The second kappa shape index (κ2) is 4.93. The average molecular weight is 224 g/mol. The van der Waals surface area contributed by atoms with Crippen LogP contribution in [0.15, 0.2) is 4.52 Å². The third-order valence-corrected chi connectivity index (χ3v) is 2.77. The number of hydrogen-bond acceptors (Lipinski definition) is 5. The van der Waals surface area contributed by atoms with Gasteiger partial charge >= 0.3 is 0 Å². The highest BCUT2D eigenvalue weighted by Gasteiger charge is 2.21. The summed E-state index contributed by atoms with van der Waals surface area (Å²) in [5.41, 5.74) is 5.84. The molecule has 1 aromatic rings. The SMILES string of the molecule is CC(C)Cc1noc(CN2CC[C@H](N)C2)n1. The second-order valence-electron chi connectivity index (χ2n) is 4.99. The molecule has 1 atom stereocenters. The van der Waals surface area contributed by atoms with Gasteiger partial charge in [0.1, 0.15) is 0 Å². The molecule has 90 valence electrons. The average Bonchev–Trinajstić information content (AvgIpc) is 2.76. The summed E-state index contributed by atoms with van der Waals surface area (Å²) in [6.45, 7) is 6.99. The highest BCUT2D eigenvalue weighted by molar-refractivity contribution is 4.89. The van der Waals surface area contributed by atoms with Gasteiger partial charge in [0, 0.05) is 25.6 Å². The fourth-order valence-corrected chi connectivity index (χ4v) is 2.00. The highest BCUT2D eigenvalue weighted by atomic mass is 16.5. The Hall–Kier alpha value is -0.940. The number of aromatic nitrogens is 2. The Morgan fingerprint density at radius 1 is 1.56 bits per heavy atom. The third kappa shape index (κ3) is 3.02. The molecule has 0 aromatic carbocycles. The number of rotatable bonds is 4. The van der Waals surface area contributed by atoms with E-state index in [0.29, 0.717) is 17.9 Å². The van der Waals surface area contributed by atoms with Gasteiger partial charge in [0.15, 0.2) is 5.82 Å². The van der Waals surface area contributed by atoms with E-state index in [2.05, 4.69) is 28.9 Å². The summed E-state index contributed by atoms with van der Waals surface area (Å²) in [7, 11) is 0. The molecule has 16 heavy (non-hydrogen) atoms. The first kappa shape index (κ1) is 11.5. The number of likely N-dealkylation sites (tertiary alicyclic amines) is 1. The molecule has 0 spiro atoms. The third-order valence-electron chi connectivity index (χ3n) is 2.77. The van der Waals surface area contributed by atoms with Crippen LogP contribution in [0.4, 0.5) is 0 Å². The first-order valence-corrected chi connectivity index (χ1v) is 5.93. The van der Waals surface area contributed by atoms with E-state index in [1.807, 2.05) is 0 Å². The summed E-state index contributed by atoms with van der Waals surface area (Å²) < 4.78 is 5.22. The zero-order valence-electron chi connectivity index (χ0n) is 10.0. The Balaban J connectivity index is 1.87. The molecule has 1 aromatic heterocycles. The van der Waals surface area contributed by atoms with E-state index >= 15 is 0 Å². The number of nitrogens with zero attached hydrogens (tertiary/aromatic N) is 3. The maximum absolute atomic E-state index is 5.84. The van der Waals surface area contributed by atoms with E-state index in [1.54, 1.807) is 0 Å². The first-order valence-electron chi connectivity index (χ1n) is 5.93. The minimum absolute atomic E-state index is 0.304. The summed E-state index contributed by atoms with van der Waals surface area (Å²) in [5.74, 6) is 2.09. The molecule has 5 heteroatoms. The summed E-state index contributed by atoms with van der Waals surface area (Å²) in [5, 5.41) is 3.97. The van der Waals surface area contributed by atoms with Gasteiger partial charge < -0.3 is 10.3 Å². The maximum atomic E-state index is 5.84. The van der Waals surface area contributed by atoms with Crippen molar-refractivity contribution in [3.63, 3.8) is 0 Å². The molecule has 1 aliphatic heterocycles. The van der Waals surface area contributed by atoms with Crippen LogP contribution in [0.3, 0.4) is 0 Å². The predicted octanol–water partition coefficient (Wildman–Crippen LogP) is 0.801. The summed E-state index contributed by atoms with van der Waals surface area (Å²) in [4.78, 5) is 6.64. The smallest absolute Gasteiger partial charge is 0.240 e. The molecule has 0 unspecified atom stereocenters. The lowest BCUT2D eigenvalue weighted by molar-refractivity contribution is 0.265. The molecule has 0 saturated carbocycles. The fraction of sp³-hybridized carbons (Fsp3) is 0.818. The van der Waals surface area contributed by atoms with Gasteiger partial charge in [-0.15, -0.1) is 0 Å². The number of nitrogens with two attached hydrogens (primary N) is 1. The summed E-state index contributed by atoms with van der Waals surface area (Å²) in [6, 6.07) is 0.304.